The molecular formula is C13H22N2O4S. The number of fused-ring (bicyclic) bond motifs is 1. The van der Waals surface area contributed by atoms with Crippen molar-refractivity contribution < 1.29 is 17.9 Å². The molecule has 0 radical (unpaired) electrons. The molecule has 0 saturated carbocycles. The number of carbonyl (C=O) groups excluding carboxylic acids is 1. The Bertz CT molecular complexity index is 501. The molecule has 3 fully saturated rings. The van der Waals surface area contributed by atoms with Gasteiger partial charge in [-0.1, -0.05) is 0 Å². The van der Waals surface area contributed by atoms with Crippen LogP contribution in [0, 0.1) is 11.3 Å². The van der Waals surface area contributed by atoms with Crippen LogP contribution in [0.2, 0.25) is 0 Å². The molecule has 3 heterocycles. The maximum absolute atomic E-state index is 12.4. The largest absolute Gasteiger partial charge is 0.380 e. The van der Waals surface area contributed by atoms with E-state index in [-0.39, 0.29) is 17.2 Å². The summed E-state index contributed by atoms with van der Waals surface area (Å²) in [7, 11) is -3.18. The molecule has 0 aromatic heterocycles. The van der Waals surface area contributed by atoms with Gasteiger partial charge >= 0.3 is 0 Å². The van der Waals surface area contributed by atoms with E-state index in [0.29, 0.717) is 32.7 Å². The van der Waals surface area contributed by atoms with Gasteiger partial charge in [0.05, 0.1) is 19.5 Å². The summed E-state index contributed by atoms with van der Waals surface area (Å²) in [5, 5.41) is 0. The molecule has 0 aromatic rings. The lowest BCUT2D eigenvalue weighted by Gasteiger charge is -2.28. The van der Waals surface area contributed by atoms with E-state index in [1.807, 2.05) is 4.90 Å². The number of carbonyl (C=O) groups is 1. The molecule has 0 aliphatic carbocycles. The average Bonchev–Trinajstić information content (AvgIpc) is 3.00. The van der Waals surface area contributed by atoms with Crippen molar-refractivity contribution in [3.63, 3.8) is 0 Å². The molecule has 2 atom stereocenters. The molecule has 0 bridgehead atoms. The highest BCUT2D eigenvalue weighted by atomic mass is 32.2. The Hall–Kier alpha value is -0.660. The molecule has 114 valence electrons. The van der Waals surface area contributed by atoms with E-state index in [9.17, 15) is 13.2 Å². The maximum Gasteiger partial charge on any atom is 0.223 e. The monoisotopic (exact) mass is 302 g/mol. The number of hydrogen-bond acceptors (Lipinski definition) is 4. The summed E-state index contributed by atoms with van der Waals surface area (Å²) < 4.78 is 30.5. The Morgan fingerprint density at radius 1 is 1.35 bits per heavy atom. The van der Waals surface area contributed by atoms with Crippen LogP contribution in [0.3, 0.4) is 0 Å². The highest BCUT2D eigenvalue weighted by Crippen LogP contribution is 2.45. The van der Waals surface area contributed by atoms with Gasteiger partial charge in [0.15, 0.2) is 0 Å². The van der Waals surface area contributed by atoms with Gasteiger partial charge in [0.1, 0.15) is 0 Å². The first-order valence-corrected chi connectivity index (χ1v) is 9.06. The Morgan fingerprint density at radius 3 is 2.70 bits per heavy atom. The van der Waals surface area contributed by atoms with Crippen molar-refractivity contribution >= 4 is 15.9 Å². The van der Waals surface area contributed by atoms with E-state index in [0.717, 1.165) is 25.9 Å². The van der Waals surface area contributed by atoms with Crippen LogP contribution in [0.4, 0.5) is 0 Å². The van der Waals surface area contributed by atoms with E-state index in [1.54, 1.807) is 0 Å². The van der Waals surface area contributed by atoms with Gasteiger partial charge < -0.3 is 9.64 Å². The molecule has 3 rings (SSSR count). The Kier molecular flexibility index (Phi) is 3.54. The van der Waals surface area contributed by atoms with Gasteiger partial charge in [-0.15, -0.1) is 0 Å². The van der Waals surface area contributed by atoms with Gasteiger partial charge in [-0.05, 0) is 12.8 Å². The number of nitrogens with zero attached hydrogens (tertiary/aromatic N) is 2. The third kappa shape index (κ3) is 2.46. The zero-order valence-corrected chi connectivity index (χ0v) is 12.7. The lowest BCUT2D eigenvalue weighted by molar-refractivity contribution is -0.132. The highest BCUT2D eigenvalue weighted by molar-refractivity contribution is 7.88. The lowest BCUT2D eigenvalue weighted by Crippen LogP contribution is -2.39. The zero-order chi connectivity index (χ0) is 14.4. The first-order chi connectivity index (χ1) is 9.41. The van der Waals surface area contributed by atoms with Crippen molar-refractivity contribution in [2.45, 2.75) is 19.3 Å². The second-order valence-corrected chi connectivity index (χ2v) is 8.38. The van der Waals surface area contributed by atoms with Crippen molar-refractivity contribution in [3.8, 4) is 0 Å². The molecule has 0 spiro atoms. The number of ether oxygens (including phenoxy) is 1. The summed E-state index contributed by atoms with van der Waals surface area (Å²) in [6, 6.07) is 0. The predicted molar refractivity (Wildman–Crippen MR) is 73.6 cm³/mol. The summed E-state index contributed by atoms with van der Waals surface area (Å²) in [6.45, 7) is 3.68. The van der Waals surface area contributed by atoms with Crippen LogP contribution in [0.25, 0.3) is 0 Å². The van der Waals surface area contributed by atoms with Crippen molar-refractivity contribution in [2.75, 3.05) is 45.6 Å². The second-order valence-electron chi connectivity index (χ2n) is 6.39. The van der Waals surface area contributed by atoms with Crippen LogP contribution >= 0.6 is 0 Å². The molecule has 0 unspecified atom stereocenters. The van der Waals surface area contributed by atoms with E-state index in [4.69, 9.17) is 4.74 Å². The Morgan fingerprint density at radius 2 is 2.05 bits per heavy atom. The van der Waals surface area contributed by atoms with E-state index < -0.39 is 10.0 Å². The molecule has 0 N–H and O–H groups in total. The minimum absolute atomic E-state index is 0.156. The molecular weight excluding hydrogens is 280 g/mol. The van der Waals surface area contributed by atoms with E-state index >= 15 is 0 Å². The van der Waals surface area contributed by atoms with E-state index in [1.165, 1.54) is 10.6 Å². The summed E-state index contributed by atoms with van der Waals surface area (Å²) in [4.78, 5) is 14.3. The van der Waals surface area contributed by atoms with Crippen LogP contribution in [0.1, 0.15) is 19.3 Å². The standard InChI is InChI=1S/C13H22N2O4S/c1-20(17,18)15-7-11-8-19-10-13(11,9-15)6-12(16)14-4-2-3-5-14/h11H,2-10H2,1H3/t11-,13+/m1/s1. The van der Waals surface area contributed by atoms with Crippen molar-refractivity contribution in [3.05, 3.63) is 0 Å². The third-order valence-corrected chi connectivity index (χ3v) is 6.14. The topological polar surface area (TPSA) is 66.9 Å². The van der Waals surface area contributed by atoms with Gasteiger partial charge in [0.2, 0.25) is 15.9 Å². The summed E-state index contributed by atoms with van der Waals surface area (Å²) in [5.41, 5.74) is -0.303. The number of hydrogen-bond donors (Lipinski definition) is 0. The van der Waals surface area contributed by atoms with Crippen LogP contribution in [-0.2, 0) is 19.6 Å². The van der Waals surface area contributed by atoms with Gasteiger partial charge in [-0.25, -0.2) is 12.7 Å². The number of rotatable bonds is 3. The average molecular weight is 302 g/mol. The predicted octanol–water partition coefficient (Wildman–Crippen LogP) is -0.0931. The first-order valence-electron chi connectivity index (χ1n) is 7.21. The van der Waals surface area contributed by atoms with E-state index in [2.05, 4.69) is 0 Å². The van der Waals surface area contributed by atoms with Gasteiger partial charge in [0, 0.05) is 43.9 Å². The minimum atomic E-state index is -3.18. The van der Waals surface area contributed by atoms with Crippen LogP contribution in [-0.4, -0.2) is 69.2 Å². The van der Waals surface area contributed by atoms with Crippen molar-refractivity contribution in [2.24, 2.45) is 11.3 Å². The SMILES string of the molecule is CS(=O)(=O)N1C[C@@H]2COC[C@]2(CC(=O)N2CCCC2)C1. The van der Waals surface area contributed by atoms with Gasteiger partial charge in [-0.2, -0.15) is 0 Å². The number of likely N-dealkylation sites (tertiary alicyclic amines) is 1. The highest BCUT2D eigenvalue weighted by Gasteiger charge is 2.53. The number of amides is 1. The smallest absolute Gasteiger partial charge is 0.223 e. The quantitative estimate of drug-likeness (QED) is 0.730. The minimum Gasteiger partial charge on any atom is -0.380 e. The van der Waals surface area contributed by atoms with Crippen LogP contribution < -0.4 is 0 Å². The second kappa shape index (κ2) is 4.96. The zero-order valence-electron chi connectivity index (χ0n) is 11.9. The van der Waals surface area contributed by atoms with Crippen molar-refractivity contribution in [1.29, 1.82) is 0 Å². The summed E-state index contributed by atoms with van der Waals surface area (Å²) >= 11 is 0. The normalized spacial score (nSPS) is 34.6. The molecule has 3 saturated heterocycles. The van der Waals surface area contributed by atoms with Crippen LogP contribution in [0.15, 0.2) is 0 Å². The molecule has 6 nitrogen and oxygen atoms in total. The molecule has 1 amide bonds. The molecule has 7 heteroatoms. The maximum atomic E-state index is 12.4. The Labute approximate surface area is 120 Å². The fourth-order valence-corrected chi connectivity index (χ4v) is 4.61. The van der Waals surface area contributed by atoms with Crippen LogP contribution in [0.5, 0.6) is 0 Å². The first kappa shape index (κ1) is 14.3. The molecule has 20 heavy (non-hydrogen) atoms. The van der Waals surface area contributed by atoms with Crippen molar-refractivity contribution in [1.82, 2.24) is 9.21 Å². The summed E-state index contributed by atoms with van der Waals surface area (Å²) in [5.74, 6) is 0.317. The number of sulfonamides is 1. The Balaban J connectivity index is 1.74. The third-order valence-electron chi connectivity index (χ3n) is 4.92. The molecule has 0 aromatic carbocycles. The van der Waals surface area contributed by atoms with Gasteiger partial charge in [-0.3, -0.25) is 4.79 Å². The molecule has 3 aliphatic rings. The fraction of sp³-hybridized carbons (Fsp3) is 0.923. The molecule has 3 aliphatic heterocycles. The fourth-order valence-electron chi connectivity index (χ4n) is 3.67. The lowest BCUT2D eigenvalue weighted by atomic mass is 9.78. The summed E-state index contributed by atoms with van der Waals surface area (Å²) in [6.07, 6.45) is 3.82. The van der Waals surface area contributed by atoms with Gasteiger partial charge in [0.25, 0.3) is 0 Å².